The molecule has 0 spiro atoms. The Balaban J connectivity index is 1.56. The van der Waals surface area contributed by atoms with Crippen molar-refractivity contribution >= 4 is 34.5 Å². The van der Waals surface area contributed by atoms with E-state index in [0.29, 0.717) is 25.4 Å². The summed E-state index contributed by atoms with van der Waals surface area (Å²) in [7, 11) is 0. The Hall–Kier alpha value is -1.73. The maximum atomic E-state index is 12.5. The number of rotatable bonds is 6. The standard InChI is InChI=1S/C18H23N3O2S2/c1-12(2)9-16(22)21-7-3-5-14(21)17(23)19-10-13-11-25-18(20-13)15-6-4-8-24-15/h4,6,8,11-12,14H,3,5,7,9-10H2,1-2H3,(H,19,23). The zero-order valence-electron chi connectivity index (χ0n) is 14.5. The van der Waals surface area contributed by atoms with E-state index in [0.717, 1.165) is 28.4 Å². The molecule has 3 heterocycles. The van der Waals surface area contributed by atoms with Crippen LogP contribution in [0, 0.1) is 5.92 Å². The van der Waals surface area contributed by atoms with Gasteiger partial charge in [0, 0.05) is 18.3 Å². The molecular weight excluding hydrogens is 354 g/mol. The molecule has 1 N–H and O–H groups in total. The van der Waals surface area contributed by atoms with Gasteiger partial charge in [0.1, 0.15) is 11.0 Å². The van der Waals surface area contributed by atoms with Gasteiger partial charge >= 0.3 is 0 Å². The van der Waals surface area contributed by atoms with Gasteiger partial charge < -0.3 is 10.2 Å². The molecule has 1 unspecified atom stereocenters. The maximum Gasteiger partial charge on any atom is 0.243 e. The maximum absolute atomic E-state index is 12.5. The summed E-state index contributed by atoms with van der Waals surface area (Å²) in [6.07, 6.45) is 2.13. The predicted molar refractivity (Wildman–Crippen MR) is 101 cm³/mol. The molecule has 25 heavy (non-hydrogen) atoms. The lowest BCUT2D eigenvalue weighted by Crippen LogP contribution is -2.46. The second-order valence-corrected chi connectivity index (χ2v) is 8.49. The molecule has 0 aromatic carbocycles. The third kappa shape index (κ3) is 4.46. The molecule has 1 aliphatic rings. The third-order valence-corrected chi connectivity index (χ3v) is 6.12. The Morgan fingerprint density at radius 2 is 2.24 bits per heavy atom. The molecule has 5 nitrogen and oxygen atoms in total. The molecule has 0 bridgehead atoms. The molecule has 0 aliphatic carbocycles. The average molecular weight is 378 g/mol. The summed E-state index contributed by atoms with van der Waals surface area (Å²) in [6.45, 7) is 5.14. The highest BCUT2D eigenvalue weighted by molar-refractivity contribution is 7.20. The fraction of sp³-hybridized carbons (Fsp3) is 0.500. The number of carbonyl (C=O) groups is 2. The first kappa shape index (κ1) is 18.1. The van der Waals surface area contributed by atoms with Crippen molar-refractivity contribution in [2.75, 3.05) is 6.54 Å². The van der Waals surface area contributed by atoms with Crippen LogP contribution in [0.5, 0.6) is 0 Å². The van der Waals surface area contributed by atoms with Crippen LogP contribution < -0.4 is 5.32 Å². The van der Waals surface area contributed by atoms with Crippen molar-refractivity contribution < 1.29 is 9.59 Å². The fourth-order valence-corrected chi connectivity index (χ4v) is 4.64. The van der Waals surface area contributed by atoms with Crippen molar-refractivity contribution in [2.24, 2.45) is 5.92 Å². The van der Waals surface area contributed by atoms with Crippen LogP contribution in [-0.2, 0) is 16.1 Å². The Kier molecular flexibility index (Phi) is 5.86. The number of nitrogens with zero attached hydrogens (tertiary/aromatic N) is 2. The minimum Gasteiger partial charge on any atom is -0.349 e. The van der Waals surface area contributed by atoms with Crippen molar-refractivity contribution in [3.8, 4) is 9.88 Å². The van der Waals surface area contributed by atoms with E-state index >= 15 is 0 Å². The highest BCUT2D eigenvalue weighted by Gasteiger charge is 2.33. The Morgan fingerprint density at radius 3 is 2.96 bits per heavy atom. The van der Waals surface area contributed by atoms with E-state index in [2.05, 4.69) is 10.3 Å². The summed E-state index contributed by atoms with van der Waals surface area (Å²) < 4.78 is 0. The lowest BCUT2D eigenvalue weighted by molar-refractivity contribution is -0.139. The molecule has 2 aromatic heterocycles. The van der Waals surface area contributed by atoms with E-state index in [4.69, 9.17) is 0 Å². The lowest BCUT2D eigenvalue weighted by Gasteiger charge is -2.24. The second-order valence-electron chi connectivity index (χ2n) is 6.68. The highest BCUT2D eigenvalue weighted by atomic mass is 32.1. The summed E-state index contributed by atoms with van der Waals surface area (Å²) in [5.41, 5.74) is 0.861. The quantitative estimate of drug-likeness (QED) is 0.838. The number of amides is 2. The molecule has 134 valence electrons. The van der Waals surface area contributed by atoms with Crippen LogP contribution in [-0.4, -0.2) is 34.3 Å². The van der Waals surface area contributed by atoms with E-state index in [1.165, 1.54) is 0 Å². The van der Waals surface area contributed by atoms with Crippen LogP contribution in [0.25, 0.3) is 9.88 Å². The summed E-state index contributed by atoms with van der Waals surface area (Å²) in [6, 6.07) is 3.72. The van der Waals surface area contributed by atoms with Crippen LogP contribution in [0.4, 0.5) is 0 Å². The largest absolute Gasteiger partial charge is 0.349 e. The molecule has 0 radical (unpaired) electrons. The molecule has 0 saturated carbocycles. The van der Waals surface area contributed by atoms with Gasteiger partial charge in [0.2, 0.25) is 11.8 Å². The number of carbonyl (C=O) groups excluding carboxylic acids is 2. The topological polar surface area (TPSA) is 62.3 Å². The van der Waals surface area contributed by atoms with E-state index in [1.807, 2.05) is 36.7 Å². The van der Waals surface area contributed by atoms with Crippen LogP contribution in [0.15, 0.2) is 22.9 Å². The van der Waals surface area contributed by atoms with Crippen LogP contribution in [0.1, 0.15) is 38.8 Å². The molecule has 1 atom stereocenters. The smallest absolute Gasteiger partial charge is 0.243 e. The molecule has 2 amide bonds. The van der Waals surface area contributed by atoms with E-state index < -0.39 is 0 Å². The minimum absolute atomic E-state index is 0.0692. The number of hydrogen-bond acceptors (Lipinski definition) is 5. The lowest BCUT2D eigenvalue weighted by atomic mass is 10.1. The van der Waals surface area contributed by atoms with Gasteiger partial charge in [0.25, 0.3) is 0 Å². The van der Waals surface area contributed by atoms with Crippen molar-refractivity contribution in [1.29, 1.82) is 0 Å². The van der Waals surface area contributed by atoms with Crippen LogP contribution in [0.3, 0.4) is 0 Å². The molecule has 1 aliphatic heterocycles. The zero-order valence-corrected chi connectivity index (χ0v) is 16.2. The number of thiophene rings is 1. The van der Waals surface area contributed by atoms with Crippen molar-refractivity contribution in [1.82, 2.24) is 15.2 Å². The number of nitrogens with one attached hydrogen (secondary N) is 1. The summed E-state index contributed by atoms with van der Waals surface area (Å²) in [4.78, 5) is 32.3. The molecule has 7 heteroatoms. The minimum atomic E-state index is -0.332. The molecule has 3 rings (SSSR count). The van der Waals surface area contributed by atoms with Gasteiger partial charge in [0.15, 0.2) is 0 Å². The van der Waals surface area contributed by atoms with Gasteiger partial charge in [-0.3, -0.25) is 9.59 Å². The fourth-order valence-electron chi connectivity index (χ4n) is 3.00. The summed E-state index contributed by atoms with van der Waals surface area (Å²) in [5, 5.41) is 7.94. The van der Waals surface area contributed by atoms with Crippen molar-refractivity contribution in [2.45, 2.75) is 45.7 Å². The molecule has 1 saturated heterocycles. The highest BCUT2D eigenvalue weighted by Crippen LogP contribution is 2.27. The summed E-state index contributed by atoms with van der Waals surface area (Å²) in [5.74, 6) is 0.323. The SMILES string of the molecule is CC(C)CC(=O)N1CCCC1C(=O)NCc1csc(-c2cccs2)n1. The van der Waals surface area contributed by atoms with Crippen molar-refractivity contribution in [3.63, 3.8) is 0 Å². The normalized spacial score (nSPS) is 17.2. The first-order valence-corrected chi connectivity index (χ1v) is 10.4. The zero-order chi connectivity index (χ0) is 17.8. The number of aromatic nitrogens is 1. The van der Waals surface area contributed by atoms with Crippen molar-refractivity contribution in [3.05, 3.63) is 28.6 Å². The Bertz CT molecular complexity index is 725. The second kappa shape index (κ2) is 8.10. The summed E-state index contributed by atoms with van der Waals surface area (Å²) >= 11 is 3.25. The van der Waals surface area contributed by atoms with Gasteiger partial charge in [-0.2, -0.15) is 0 Å². The molecule has 2 aromatic rings. The van der Waals surface area contributed by atoms with Crippen LogP contribution >= 0.6 is 22.7 Å². The first-order chi connectivity index (χ1) is 12.0. The van der Waals surface area contributed by atoms with E-state index in [1.54, 1.807) is 27.6 Å². The monoisotopic (exact) mass is 377 g/mol. The van der Waals surface area contributed by atoms with Gasteiger partial charge in [0.05, 0.1) is 17.1 Å². The van der Waals surface area contributed by atoms with Gasteiger partial charge in [-0.1, -0.05) is 19.9 Å². The van der Waals surface area contributed by atoms with Crippen LogP contribution in [0.2, 0.25) is 0 Å². The van der Waals surface area contributed by atoms with Gasteiger partial charge in [-0.05, 0) is 30.2 Å². The third-order valence-electron chi connectivity index (χ3n) is 4.19. The molecule has 1 fully saturated rings. The number of hydrogen-bond donors (Lipinski definition) is 1. The molecular formula is C18H23N3O2S2. The Labute approximate surface area is 156 Å². The number of thiazole rings is 1. The average Bonchev–Trinajstić information content (AvgIpc) is 3.32. The van der Waals surface area contributed by atoms with E-state index in [9.17, 15) is 9.59 Å². The predicted octanol–water partition coefficient (Wildman–Crippen LogP) is 3.52. The number of likely N-dealkylation sites (tertiary alicyclic amines) is 1. The van der Waals surface area contributed by atoms with Gasteiger partial charge in [-0.25, -0.2) is 4.98 Å². The van der Waals surface area contributed by atoms with E-state index in [-0.39, 0.29) is 17.9 Å². The van der Waals surface area contributed by atoms with Gasteiger partial charge in [-0.15, -0.1) is 22.7 Å². The Morgan fingerprint density at radius 1 is 1.40 bits per heavy atom. The first-order valence-electron chi connectivity index (χ1n) is 8.60.